The fourth-order valence-corrected chi connectivity index (χ4v) is 8.18. The first-order valence-corrected chi connectivity index (χ1v) is 13.8. The molecule has 0 saturated heterocycles. The number of fused-ring (bicyclic) bond motifs is 2. The van der Waals surface area contributed by atoms with Gasteiger partial charge in [0.2, 0.25) is 11.8 Å². The van der Waals surface area contributed by atoms with Gasteiger partial charge < -0.3 is 11.1 Å². The fourth-order valence-electron chi connectivity index (χ4n) is 6.50. The molecule has 35 heavy (non-hydrogen) atoms. The molecule has 0 aromatic heterocycles. The van der Waals surface area contributed by atoms with E-state index in [2.05, 4.69) is 12.2 Å². The van der Waals surface area contributed by atoms with Gasteiger partial charge >= 0.3 is 0 Å². The number of benzene rings is 1. The highest BCUT2D eigenvalue weighted by molar-refractivity contribution is 7.89. The number of carbonyl (C=O) groups excluding carboxylic acids is 2. The Morgan fingerprint density at radius 2 is 1.89 bits per heavy atom. The summed E-state index contributed by atoms with van der Waals surface area (Å²) in [5.74, 6) is -0.102. The summed E-state index contributed by atoms with van der Waals surface area (Å²) in [6.45, 7) is 2.08. The van der Waals surface area contributed by atoms with Gasteiger partial charge in [0.05, 0.1) is 4.92 Å². The number of primary amides is 1. The van der Waals surface area contributed by atoms with E-state index in [1.807, 2.05) is 0 Å². The summed E-state index contributed by atoms with van der Waals surface area (Å²) in [4.78, 5) is 36.0. The number of rotatable bonds is 8. The molecule has 1 aromatic carbocycles. The number of hydrogen-bond acceptors (Lipinski definition) is 6. The monoisotopic (exact) mass is 506 g/mol. The predicted molar refractivity (Wildman–Crippen MR) is 128 cm³/mol. The first-order valence-electron chi connectivity index (χ1n) is 12.3. The van der Waals surface area contributed by atoms with Gasteiger partial charge in [-0.15, -0.1) is 0 Å². The number of para-hydroxylation sites is 1. The minimum atomic E-state index is -4.31. The van der Waals surface area contributed by atoms with Crippen molar-refractivity contribution in [1.82, 2.24) is 9.62 Å². The Balaban J connectivity index is 1.60. The van der Waals surface area contributed by atoms with Crippen LogP contribution in [0, 0.1) is 33.8 Å². The Kier molecular flexibility index (Phi) is 6.93. The van der Waals surface area contributed by atoms with Crippen LogP contribution < -0.4 is 11.1 Å². The van der Waals surface area contributed by atoms with E-state index >= 15 is 0 Å². The lowest BCUT2D eigenvalue weighted by molar-refractivity contribution is -0.387. The Hall–Kier alpha value is -2.53. The van der Waals surface area contributed by atoms with Crippen molar-refractivity contribution >= 4 is 27.5 Å². The Morgan fingerprint density at radius 1 is 1.20 bits per heavy atom. The molecule has 0 spiro atoms. The number of nitro groups is 1. The van der Waals surface area contributed by atoms with Gasteiger partial charge in [-0.1, -0.05) is 25.5 Å². The molecule has 5 unspecified atom stereocenters. The third kappa shape index (κ3) is 4.44. The second kappa shape index (κ2) is 9.50. The molecule has 3 saturated carbocycles. The van der Waals surface area contributed by atoms with E-state index in [1.165, 1.54) is 25.2 Å². The molecule has 0 aliphatic heterocycles. The van der Waals surface area contributed by atoms with Crippen LogP contribution in [-0.4, -0.2) is 48.1 Å². The van der Waals surface area contributed by atoms with Crippen LogP contribution in [-0.2, 0) is 19.6 Å². The summed E-state index contributed by atoms with van der Waals surface area (Å²) in [5.41, 5.74) is 3.80. The molecule has 0 heterocycles. The minimum Gasteiger partial charge on any atom is -0.369 e. The number of nitrogens with zero attached hydrogens (tertiary/aromatic N) is 2. The zero-order valence-corrected chi connectivity index (χ0v) is 21.0. The van der Waals surface area contributed by atoms with Crippen molar-refractivity contribution in [2.45, 2.75) is 74.8 Å². The third-order valence-electron chi connectivity index (χ3n) is 8.62. The van der Waals surface area contributed by atoms with Gasteiger partial charge in [-0.05, 0) is 68.8 Å². The Labute approximate surface area is 205 Å². The topological polar surface area (TPSA) is 153 Å². The maximum Gasteiger partial charge on any atom is 0.289 e. The maximum atomic E-state index is 13.7. The lowest BCUT2D eigenvalue weighted by Crippen LogP contribution is -2.66. The van der Waals surface area contributed by atoms with Crippen LogP contribution in [0.15, 0.2) is 29.2 Å². The van der Waals surface area contributed by atoms with E-state index in [1.54, 1.807) is 0 Å². The summed E-state index contributed by atoms with van der Waals surface area (Å²) in [7, 11) is -2.97. The molecule has 5 atom stereocenters. The van der Waals surface area contributed by atoms with Gasteiger partial charge in [0.15, 0.2) is 4.90 Å². The molecule has 2 amide bonds. The van der Waals surface area contributed by atoms with Gasteiger partial charge in [-0.25, -0.2) is 8.42 Å². The van der Waals surface area contributed by atoms with Crippen LogP contribution >= 0.6 is 0 Å². The van der Waals surface area contributed by atoms with Crippen molar-refractivity contribution in [3.8, 4) is 0 Å². The number of nitro benzene ring substituents is 1. The SMILES string of the molecule is CCC1CC2CC(C(N)=O)CC(C2)C1NC(=O)C1(N(C)S(=O)(=O)c2ccccc2[N+](=O)[O-])CCC1. The van der Waals surface area contributed by atoms with E-state index in [9.17, 15) is 28.1 Å². The van der Waals surface area contributed by atoms with Crippen LogP contribution in [0.25, 0.3) is 0 Å². The number of nitrogens with two attached hydrogens (primary N) is 1. The van der Waals surface area contributed by atoms with Crippen molar-refractivity contribution in [3.63, 3.8) is 0 Å². The molecule has 3 fully saturated rings. The zero-order chi connectivity index (χ0) is 25.5. The molecule has 3 N–H and O–H groups in total. The number of likely N-dealkylation sites (N-methyl/N-ethyl adjacent to an activating group) is 1. The molecular formula is C24H34N4O6S. The average Bonchev–Trinajstić information content (AvgIpc) is 2.79. The van der Waals surface area contributed by atoms with E-state index in [-0.39, 0.29) is 35.6 Å². The molecule has 192 valence electrons. The summed E-state index contributed by atoms with van der Waals surface area (Å²) in [6, 6.07) is 5.04. The summed E-state index contributed by atoms with van der Waals surface area (Å²) < 4.78 is 28.0. The van der Waals surface area contributed by atoms with Gasteiger partial charge in [0, 0.05) is 25.1 Å². The molecule has 3 aliphatic carbocycles. The number of amides is 2. The summed E-state index contributed by atoms with van der Waals surface area (Å²) in [6.07, 6.45) is 5.49. The molecule has 2 bridgehead atoms. The second-order valence-electron chi connectivity index (χ2n) is 10.4. The normalized spacial score (nSPS) is 29.7. The van der Waals surface area contributed by atoms with Crippen LogP contribution in [0.2, 0.25) is 0 Å². The van der Waals surface area contributed by atoms with E-state index in [0.29, 0.717) is 31.6 Å². The van der Waals surface area contributed by atoms with Crippen LogP contribution in [0.3, 0.4) is 0 Å². The van der Waals surface area contributed by atoms with E-state index in [4.69, 9.17) is 5.73 Å². The Morgan fingerprint density at radius 3 is 2.46 bits per heavy atom. The third-order valence-corrected chi connectivity index (χ3v) is 10.6. The van der Waals surface area contributed by atoms with Gasteiger partial charge in [0.25, 0.3) is 15.7 Å². The smallest absolute Gasteiger partial charge is 0.289 e. The molecule has 4 rings (SSSR count). The summed E-state index contributed by atoms with van der Waals surface area (Å²) >= 11 is 0. The molecular weight excluding hydrogens is 472 g/mol. The van der Waals surface area contributed by atoms with Crippen molar-refractivity contribution in [2.24, 2.45) is 29.4 Å². The summed E-state index contributed by atoms with van der Waals surface area (Å²) in [5, 5.41) is 14.7. The minimum absolute atomic E-state index is 0.114. The van der Waals surface area contributed by atoms with Crippen molar-refractivity contribution in [1.29, 1.82) is 0 Å². The largest absolute Gasteiger partial charge is 0.369 e. The molecule has 0 radical (unpaired) electrons. The molecule has 10 nitrogen and oxygen atoms in total. The van der Waals surface area contributed by atoms with Crippen molar-refractivity contribution in [3.05, 3.63) is 34.4 Å². The zero-order valence-electron chi connectivity index (χ0n) is 20.2. The number of hydrogen-bond donors (Lipinski definition) is 2. The highest BCUT2D eigenvalue weighted by Crippen LogP contribution is 2.47. The molecule has 1 aromatic rings. The Bertz CT molecular complexity index is 1120. The fraction of sp³-hybridized carbons (Fsp3) is 0.667. The lowest BCUT2D eigenvalue weighted by atomic mass is 9.61. The lowest BCUT2D eigenvalue weighted by Gasteiger charge is -2.50. The van der Waals surface area contributed by atoms with Crippen molar-refractivity contribution in [2.75, 3.05) is 7.05 Å². The van der Waals surface area contributed by atoms with Crippen LogP contribution in [0.4, 0.5) is 5.69 Å². The van der Waals surface area contributed by atoms with Gasteiger partial charge in [-0.2, -0.15) is 4.31 Å². The standard InChI is InChI=1S/C24H34N4O6S/c1-3-16-11-15-12-17(14-18(13-15)22(25)29)21(16)26-23(30)24(9-6-10-24)27(2)35(33,34)20-8-5-4-7-19(20)28(31)32/h4-5,7-8,15-18,21H,3,6,9-14H2,1-2H3,(H2,25,29)(H,26,30). The van der Waals surface area contributed by atoms with E-state index in [0.717, 1.165) is 36.1 Å². The highest BCUT2D eigenvalue weighted by atomic mass is 32.2. The average molecular weight is 507 g/mol. The van der Waals surface area contributed by atoms with E-state index < -0.39 is 31.1 Å². The van der Waals surface area contributed by atoms with Crippen molar-refractivity contribution < 1.29 is 22.9 Å². The number of nitrogens with one attached hydrogen (secondary N) is 1. The van der Waals surface area contributed by atoms with Gasteiger partial charge in [-0.3, -0.25) is 19.7 Å². The van der Waals surface area contributed by atoms with Gasteiger partial charge in [0.1, 0.15) is 5.54 Å². The van der Waals surface area contributed by atoms with Crippen LogP contribution in [0.5, 0.6) is 0 Å². The maximum absolute atomic E-state index is 13.7. The second-order valence-corrected chi connectivity index (χ2v) is 12.4. The predicted octanol–water partition coefficient (Wildman–Crippen LogP) is 2.57. The first-order chi connectivity index (χ1) is 16.5. The number of sulfonamides is 1. The number of carbonyl (C=O) groups is 2. The first kappa shape index (κ1) is 25.6. The van der Waals surface area contributed by atoms with Crippen LogP contribution in [0.1, 0.15) is 58.3 Å². The highest BCUT2D eigenvalue weighted by Gasteiger charge is 2.54. The molecule has 11 heteroatoms. The quantitative estimate of drug-likeness (QED) is 0.408. The molecule has 3 aliphatic rings.